The van der Waals surface area contributed by atoms with E-state index < -0.39 is 77.0 Å². The minimum atomic E-state index is -1.16. The molecule has 0 unspecified atom stereocenters. The Bertz CT molecular complexity index is 1340. The van der Waals surface area contributed by atoms with Gasteiger partial charge in [0.15, 0.2) is 0 Å². The maximum absolute atomic E-state index is 14.4. The molecule has 0 aromatic heterocycles. The highest BCUT2D eigenvalue weighted by molar-refractivity contribution is 5.99. The largest absolute Gasteiger partial charge is 0.508 e. The SMILES string of the molecule is C[C@H]1c2ccc(C(=O)NCc3c(F)cc(F)cc3F)cc2N(Cc2c(F)cc(O)cc2F)C(=O)N1C. The second-order valence-electron chi connectivity index (χ2n) is 8.35. The van der Waals surface area contributed by atoms with E-state index in [1.165, 1.54) is 24.1 Å². The highest BCUT2D eigenvalue weighted by atomic mass is 19.2. The van der Waals surface area contributed by atoms with E-state index in [9.17, 15) is 36.6 Å². The minimum absolute atomic E-state index is 0.0119. The van der Waals surface area contributed by atoms with Crippen molar-refractivity contribution in [2.24, 2.45) is 0 Å². The topological polar surface area (TPSA) is 72.9 Å². The summed E-state index contributed by atoms with van der Waals surface area (Å²) in [4.78, 5) is 28.2. The summed E-state index contributed by atoms with van der Waals surface area (Å²) >= 11 is 0. The van der Waals surface area contributed by atoms with E-state index in [0.717, 1.165) is 17.0 Å². The van der Waals surface area contributed by atoms with E-state index in [2.05, 4.69) is 5.32 Å². The molecule has 0 fully saturated rings. The fourth-order valence-electron chi connectivity index (χ4n) is 4.00. The molecule has 1 aliphatic heterocycles. The van der Waals surface area contributed by atoms with E-state index in [1.54, 1.807) is 13.0 Å². The second kappa shape index (κ2) is 9.48. The molecule has 3 amide bonds. The zero-order valence-corrected chi connectivity index (χ0v) is 19.1. The van der Waals surface area contributed by atoms with Crippen molar-refractivity contribution in [3.63, 3.8) is 0 Å². The average molecular weight is 505 g/mol. The van der Waals surface area contributed by atoms with Crippen LogP contribution in [0.5, 0.6) is 5.75 Å². The third-order valence-corrected chi connectivity index (χ3v) is 6.12. The number of urea groups is 1. The second-order valence-corrected chi connectivity index (χ2v) is 8.35. The highest BCUT2D eigenvalue weighted by Gasteiger charge is 2.34. The zero-order chi connectivity index (χ0) is 26.3. The summed E-state index contributed by atoms with van der Waals surface area (Å²) in [5.41, 5.74) is -0.189. The molecule has 0 radical (unpaired) electrons. The number of amides is 3. The predicted octanol–water partition coefficient (Wildman–Crippen LogP) is 5.15. The average Bonchev–Trinajstić information content (AvgIpc) is 2.80. The Kier molecular flexibility index (Phi) is 6.57. The normalized spacial score (nSPS) is 15.2. The molecule has 1 heterocycles. The van der Waals surface area contributed by atoms with Gasteiger partial charge in [0, 0.05) is 54.5 Å². The van der Waals surface area contributed by atoms with Crippen molar-refractivity contribution >= 4 is 17.6 Å². The van der Waals surface area contributed by atoms with Crippen LogP contribution in [0, 0.1) is 29.1 Å². The number of hydrogen-bond acceptors (Lipinski definition) is 3. The lowest BCUT2D eigenvalue weighted by Crippen LogP contribution is -2.47. The van der Waals surface area contributed by atoms with Gasteiger partial charge in [-0.25, -0.2) is 26.7 Å². The molecule has 4 rings (SSSR count). The number of benzene rings is 3. The third kappa shape index (κ3) is 4.56. The Morgan fingerprint density at radius 2 is 1.53 bits per heavy atom. The quantitative estimate of drug-likeness (QED) is 0.471. The summed E-state index contributed by atoms with van der Waals surface area (Å²) in [5.74, 6) is -6.89. The molecule has 0 bridgehead atoms. The minimum Gasteiger partial charge on any atom is -0.508 e. The van der Waals surface area contributed by atoms with Crippen LogP contribution in [0.1, 0.15) is 40.0 Å². The Balaban J connectivity index is 1.66. The Labute approximate surface area is 202 Å². The molecule has 6 nitrogen and oxygen atoms in total. The number of phenols is 1. The molecule has 1 aliphatic rings. The van der Waals surface area contributed by atoms with Gasteiger partial charge in [-0.15, -0.1) is 0 Å². The van der Waals surface area contributed by atoms with Crippen molar-refractivity contribution in [1.29, 1.82) is 0 Å². The predicted molar refractivity (Wildman–Crippen MR) is 120 cm³/mol. The number of nitrogens with zero attached hydrogens (tertiary/aromatic N) is 2. The Morgan fingerprint density at radius 3 is 2.14 bits per heavy atom. The first kappa shape index (κ1) is 25.0. The molecule has 11 heteroatoms. The lowest BCUT2D eigenvalue weighted by molar-refractivity contribution is 0.0950. The number of carbonyl (C=O) groups is 2. The van der Waals surface area contributed by atoms with Crippen LogP contribution in [0.2, 0.25) is 0 Å². The number of hydrogen-bond donors (Lipinski definition) is 2. The van der Waals surface area contributed by atoms with Crippen LogP contribution >= 0.6 is 0 Å². The standard InChI is InChI=1S/C25H20F5N3O3/c1-12-16-4-3-13(24(35)31-10-17-19(27)6-14(26)7-20(17)28)5-23(16)33(25(36)32(12)2)11-18-21(29)8-15(34)9-22(18)30/h3-9,12,34H,10-11H2,1-2H3,(H,31,35)/t12-/m0/s1. The van der Waals surface area contributed by atoms with Crippen molar-refractivity contribution in [2.45, 2.75) is 26.1 Å². The van der Waals surface area contributed by atoms with Crippen molar-refractivity contribution in [2.75, 3.05) is 11.9 Å². The highest BCUT2D eigenvalue weighted by Crippen LogP contribution is 2.38. The fraction of sp³-hybridized carbons (Fsp3) is 0.200. The van der Waals surface area contributed by atoms with E-state index in [1.807, 2.05) is 0 Å². The van der Waals surface area contributed by atoms with Gasteiger partial charge in [0.25, 0.3) is 5.91 Å². The third-order valence-electron chi connectivity index (χ3n) is 6.12. The first-order valence-electron chi connectivity index (χ1n) is 10.7. The molecule has 0 saturated carbocycles. The van der Waals surface area contributed by atoms with E-state index in [4.69, 9.17) is 0 Å². The van der Waals surface area contributed by atoms with Crippen LogP contribution < -0.4 is 10.2 Å². The van der Waals surface area contributed by atoms with Gasteiger partial charge in [-0.1, -0.05) is 6.07 Å². The van der Waals surface area contributed by atoms with Crippen LogP contribution in [-0.4, -0.2) is 29.0 Å². The number of phenolic OH excluding ortho intramolecular Hbond substituents is 1. The Hall–Kier alpha value is -4.15. The molecule has 0 aliphatic carbocycles. The number of fused-ring (bicyclic) bond motifs is 1. The fourth-order valence-corrected chi connectivity index (χ4v) is 4.00. The number of aromatic hydroxyl groups is 1. The van der Waals surface area contributed by atoms with E-state index in [0.29, 0.717) is 17.7 Å². The van der Waals surface area contributed by atoms with Crippen molar-refractivity contribution < 1.29 is 36.6 Å². The van der Waals surface area contributed by atoms with E-state index >= 15 is 0 Å². The first-order valence-corrected chi connectivity index (χ1v) is 10.7. The molecule has 1 atom stereocenters. The number of rotatable bonds is 5. The van der Waals surface area contributed by atoms with Gasteiger partial charge in [0.05, 0.1) is 18.3 Å². The molecular formula is C25H20F5N3O3. The van der Waals surface area contributed by atoms with Crippen molar-refractivity contribution in [3.8, 4) is 5.75 Å². The Morgan fingerprint density at radius 1 is 0.944 bits per heavy atom. The van der Waals surface area contributed by atoms with Gasteiger partial charge >= 0.3 is 6.03 Å². The monoisotopic (exact) mass is 505 g/mol. The van der Waals surface area contributed by atoms with Gasteiger partial charge in [-0.05, 0) is 24.6 Å². The summed E-state index contributed by atoms with van der Waals surface area (Å²) < 4.78 is 69.7. The summed E-state index contributed by atoms with van der Waals surface area (Å²) in [6, 6.07) is 5.74. The molecule has 2 N–H and O–H groups in total. The van der Waals surface area contributed by atoms with Crippen molar-refractivity contribution in [3.05, 3.63) is 93.8 Å². The first-order chi connectivity index (χ1) is 17.0. The van der Waals surface area contributed by atoms with Gasteiger partial charge in [0.2, 0.25) is 0 Å². The van der Waals surface area contributed by atoms with E-state index in [-0.39, 0.29) is 11.3 Å². The summed E-state index contributed by atoms with van der Waals surface area (Å²) in [6.45, 7) is 0.632. The number of nitrogens with one attached hydrogen (secondary N) is 1. The van der Waals surface area contributed by atoms with Crippen LogP contribution in [0.4, 0.5) is 32.4 Å². The summed E-state index contributed by atoms with van der Waals surface area (Å²) in [5, 5.41) is 11.8. The van der Waals surface area contributed by atoms with Crippen molar-refractivity contribution in [1.82, 2.24) is 10.2 Å². The van der Waals surface area contributed by atoms with Gasteiger partial charge < -0.3 is 15.3 Å². The molecule has 0 saturated heterocycles. The molecule has 0 spiro atoms. The van der Waals surface area contributed by atoms with Crippen LogP contribution in [-0.2, 0) is 13.1 Å². The smallest absolute Gasteiger partial charge is 0.325 e. The molecular weight excluding hydrogens is 485 g/mol. The lowest BCUT2D eigenvalue weighted by Gasteiger charge is -2.39. The van der Waals surface area contributed by atoms with Gasteiger partial charge in [0.1, 0.15) is 34.8 Å². The van der Waals surface area contributed by atoms with Crippen LogP contribution in [0.15, 0.2) is 42.5 Å². The lowest BCUT2D eigenvalue weighted by atomic mass is 9.98. The van der Waals surface area contributed by atoms with Crippen LogP contribution in [0.25, 0.3) is 0 Å². The number of halogens is 5. The number of anilines is 1. The van der Waals surface area contributed by atoms with Crippen LogP contribution in [0.3, 0.4) is 0 Å². The number of carbonyl (C=O) groups excluding carboxylic acids is 2. The maximum Gasteiger partial charge on any atom is 0.325 e. The van der Waals surface area contributed by atoms with Gasteiger partial charge in [-0.3, -0.25) is 9.69 Å². The summed E-state index contributed by atoms with van der Waals surface area (Å²) in [6.07, 6.45) is 0. The molecule has 36 heavy (non-hydrogen) atoms. The zero-order valence-electron chi connectivity index (χ0n) is 19.1. The summed E-state index contributed by atoms with van der Waals surface area (Å²) in [7, 11) is 1.51. The molecule has 3 aromatic carbocycles. The molecule has 188 valence electrons. The maximum atomic E-state index is 14.4. The van der Waals surface area contributed by atoms with Gasteiger partial charge in [-0.2, -0.15) is 0 Å². The molecule has 3 aromatic rings.